The van der Waals surface area contributed by atoms with E-state index in [1.165, 1.54) is 6.07 Å². The topological polar surface area (TPSA) is 21.3 Å². The van der Waals surface area contributed by atoms with Gasteiger partial charge in [-0.3, -0.25) is 0 Å². The van der Waals surface area contributed by atoms with Gasteiger partial charge in [-0.15, -0.1) is 0 Å². The number of para-hydroxylation sites is 1. The molecule has 0 radical (unpaired) electrons. The summed E-state index contributed by atoms with van der Waals surface area (Å²) in [5.41, 5.74) is 1.80. The number of nitrogens with one attached hydrogen (secondary N) is 1. The van der Waals surface area contributed by atoms with Crippen LogP contribution in [0.4, 0.5) is 10.1 Å². The number of rotatable bonds is 4. The summed E-state index contributed by atoms with van der Waals surface area (Å²) in [4.78, 5) is 0. The van der Waals surface area contributed by atoms with Gasteiger partial charge in [0.05, 0.1) is 18.2 Å². The second-order valence-corrected chi connectivity index (χ2v) is 4.64. The van der Waals surface area contributed by atoms with E-state index in [4.69, 9.17) is 16.3 Å². The summed E-state index contributed by atoms with van der Waals surface area (Å²) in [6.45, 7) is 2.01. The normalized spacial score (nSPS) is 12.0. The first-order valence-electron chi connectivity index (χ1n) is 5.96. The van der Waals surface area contributed by atoms with Crippen molar-refractivity contribution < 1.29 is 9.13 Å². The highest BCUT2D eigenvalue weighted by molar-refractivity contribution is 6.31. The molecule has 0 aliphatic heterocycles. The molecule has 4 heteroatoms. The Kier molecular flexibility index (Phi) is 4.27. The van der Waals surface area contributed by atoms with E-state index in [9.17, 15) is 4.39 Å². The minimum absolute atomic E-state index is 0.0256. The summed E-state index contributed by atoms with van der Waals surface area (Å²) < 4.78 is 18.4. The van der Waals surface area contributed by atoms with Crippen molar-refractivity contribution in [2.24, 2.45) is 0 Å². The maximum atomic E-state index is 13.1. The van der Waals surface area contributed by atoms with Crippen molar-refractivity contribution >= 4 is 17.3 Å². The zero-order valence-corrected chi connectivity index (χ0v) is 11.5. The van der Waals surface area contributed by atoms with Crippen molar-refractivity contribution in [1.82, 2.24) is 0 Å². The number of methoxy groups -OCH3 is 1. The van der Waals surface area contributed by atoms with E-state index in [1.54, 1.807) is 19.2 Å². The Bertz CT molecular complexity index is 574. The van der Waals surface area contributed by atoms with Crippen LogP contribution in [0.25, 0.3) is 0 Å². The van der Waals surface area contributed by atoms with Crippen LogP contribution >= 0.6 is 11.6 Å². The molecule has 0 saturated heterocycles. The van der Waals surface area contributed by atoms with Gasteiger partial charge in [-0.25, -0.2) is 4.39 Å². The standard InChI is InChI=1S/C15H15ClFNO/c1-10(12-5-3-4-6-15(12)19-2)18-11-7-8-14(17)13(16)9-11/h3-10,18H,1-2H3. The smallest absolute Gasteiger partial charge is 0.141 e. The number of hydrogen-bond acceptors (Lipinski definition) is 2. The van der Waals surface area contributed by atoms with E-state index in [0.29, 0.717) is 0 Å². The molecule has 1 atom stereocenters. The number of hydrogen-bond donors (Lipinski definition) is 1. The highest BCUT2D eigenvalue weighted by Crippen LogP contribution is 2.28. The second-order valence-electron chi connectivity index (χ2n) is 4.24. The molecule has 0 amide bonds. The van der Waals surface area contributed by atoms with Crippen molar-refractivity contribution in [3.63, 3.8) is 0 Å². The van der Waals surface area contributed by atoms with Gasteiger partial charge in [0, 0.05) is 11.3 Å². The maximum Gasteiger partial charge on any atom is 0.141 e. The minimum atomic E-state index is -0.419. The van der Waals surface area contributed by atoms with Crippen LogP contribution in [0.2, 0.25) is 5.02 Å². The quantitative estimate of drug-likeness (QED) is 0.879. The molecule has 19 heavy (non-hydrogen) atoms. The van der Waals surface area contributed by atoms with Gasteiger partial charge in [0.25, 0.3) is 0 Å². The molecule has 0 spiro atoms. The van der Waals surface area contributed by atoms with E-state index < -0.39 is 5.82 Å². The molecule has 100 valence electrons. The van der Waals surface area contributed by atoms with Crippen LogP contribution in [0, 0.1) is 5.82 Å². The molecule has 0 aliphatic carbocycles. The molecule has 1 unspecified atom stereocenters. The molecular weight excluding hydrogens is 265 g/mol. The fourth-order valence-corrected chi connectivity index (χ4v) is 2.12. The lowest BCUT2D eigenvalue weighted by molar-refractivity contribution is 0.408. The van der Waals surface area contributed by atoms with Gasteiger partial charge in [0.15, 0.2) is 0 Å². The van der Waals surface area contributed by atoms with Gasteiger partial charge in [-0.2, -0.15) is 0 Å². The molecular formula is C15H15ClFNO. The highest BCUT2D eigenvalue weighted by Gasteiger charge is 2.11. The van der Waals surface area contributed by atoms with E-state index in [-0.39, 0.29) is 11.1 Å². The molecule has 0 saturated carbocycles. The first-order chi connectivity index (χ1) is 9.11. The Morgan fingerprint density at radius 3 is 2.63 bits per heavy atom. The first kappa shape index (κ1) is 13.7. The lowest BCUT2D eigenvalue weighted by Crippen LogP contribution is -2.08. The third-order valence-electron chi connectivity index (χ3n) is 2.91. The van der Waals surface area contributed by atoms with Crippen molar-refractivity contribution in [2.45, 2.75) is 13.0 Å². The van der Waals surface area contributed by atoms with Gasteiger partial charge >= 0.3 is 0 Å². The molecule has 2 aromatic rings. The van der Waals surface area contributed by atoms with Gasteiger partial charge in [-0.1, -0.05) is 29.8 Å². The molecule has 2 nitrogen and oxygen atoms in total. The Morgan fingerprint density at radius 1 is 1.21 bits per heavy atom. The maximum absolute atomic E-state index is 13.1. The van der Waals surface area contributed by atoms with Gasteiger partial charge in [0.1, 0.15) is 11.6 Å². The zero-order valence-electron chi connectivity index (χ0n) is 10.8. The summed E-state index contributed by atoms with van der Waals surface area (Å²) in [7, 11) is 1.64. The van der Waals surface area contributed by atoms with E-state index in [2.05, 4.69) is 5.32 Å². The predicted molar refractivity (Wildman–Crippen MR) is 76.4 cm³/mol. The average Bonchev–Trinajstić information content (AvgIpc) is 2.43. The Labute approximate surface area is 117 Å². The lowest BCUT2D eigenvalue weighted by Gasteiger charge is -2.18. The van der Waals surface area contributed by atoms with Crippen LogP contribution < -0.4 is 10.1 Å². The van der Waals surface area contributed by atoms with Crippen LogP contribution in [-0.2, 0) is 0 Å². The molecule has 0 aromatic heterocycles. The number of halogens is 2. The van der Waals surface area contributed by atoms with E-state index in [1.807, 2.05) is 31.2 Å². The molecule has 2 aromatic carbocycles. The van der Waals surface area contributed by atoms with Crippen LogP contribution in [0.5, 0.6) is 5.75 Å². The molecule has 0 aliphatic rings. The monoisotopic (exact) mass is 279 g/mol. The number of ether oxygens (including phenoxy) is 1. The van der Waals surface area contributed by atoms with E-state index in [0.717, 1.165) is 17.0 Å². The molecule has 0 bridgehead atoms. The minimum Gasteiger partial charge on any atom is -0.496 e. The van der Waals surface area contributed by atoms with Gasteiger partial charge < -0.3 is 10.1 Å². The van der Waals surface area contributed by atoms with Crippen molar-refractivity contribution in [3.05, 3.63) is 58.9 Å². The largest absolute Gasteiger partial charge is 0.496 e. The number of anilines is 1. The van der Waals surface area contributed by atoms with Crippen LogP contribution in [0.15, 0.2) is 42.5 Å². The Balaban J connectivity index is 2.20. The van der Waals surface area contributed by atoms with E-state index >= 15 is 0 Å². The fraction of sp³-hybridized carbons (Fsp3) is 0.200. The summed E-state index contributed by atoms with van der Waals surface area (Å²) in [5, 5.41) is 3.38. The molecule has 0 fully saturated rings. The Morgan fingerprint density at radius 2 is 1.95 bits per heavy atom. The summed E-state index contributed by atoms with van der Waals surface area (Å²) in [6.07, 6.45) is 0. The van der Waals surface area contributed by atoms with Crippen molar-refractivity contribution in [3.8, 4) is 5.75 Å². The average molecular weight is 280 g/mol. The second kappa shape index (κ2) is 5.93. The van der Waals surface area contributed by atoms with Crippen LogP contribution in [0.3, 0.4) is 0 Å². The predicted octanol–water partition coefficient (Wildman–Crippen LogP) is 4.66. The van der Waals surface area contributed by atoms with Crippen LogP contribution in [-0.4, -0.2) is 7.11 Å². The number of benzene rings is 2. The molecule has 0 heterocycles. The first-order valence-corrected chi connectivity index (χ1v) is 6.34. The van der Waals surface area contributed by atoms with Crippen LogP contribution in [0.1, 0.15) is 18.5 Å². The summed E-state index contributed by atoms with van der Waals surface area (Å²) >= 11 is 5.76. The summed E-state index contributed by atoms with van der Waals surface area (Å²) in [6, 6.07) is 12.4. The van der Waals surface area contributed by atoms with Gasteiger partial charge in [0.2, 0.25) is 0 Å². The molecule has 2 rings (SSSR count). The molecule has 1 N–H and O–H groups in total. The summed E-state index contributed by atoms with van der Waals surface area (Å²) in [5.74, 6) is 0.396. The SMILES string of the molecule is COc1ccccc1C(C)Nc1ccc(F)c(Cl)c1. The third-order valence-corrected chi connectivity index (χ3v) is 3.20. The lowest BCUT2D eigenvalue weighted by atomic mass is 10.1. The third kappa shape index (κ3) is 3.18. The van der Waals surface area contributed by atoms with Crippen molar-refractivity contribution in [1.29, 1.82) is 0 Å². The highest BCUT2D eigenvalue weighted by atomic mass is 35.5. The fourth-order valence-electron chi connectivity index (χ4n) is 1.94. The zero-order chi connectivity index (χ0) is 13.8. The Hall–Kier alpha value is -1.74. The van der Waals surface area contributed by atoms with Gasteiger partial charge in [-0.05, 0) is 31.2 Å². The van der Waals surface area contributed by atoms with Crippen molar-refractivity contribution in [2.75, 3.05) is 12.4 Å².